The van der Waals surface area contributed by atoms with Gasteiger partial charge in [0.25, 0.3) is 5.91 Å². The average Bonchev–Trinajstić information content (AvgIpc) is 3.04. The standard InChI is InChI=1S/C20H20N2O3/c1-13-19(25-18-9-5-4-8-17(18)24-13)20(23)21-11-10-14-12-22-16-7-3-2-6-15(14)16/h2-9,12-13,19,22H,10-11H2,1H3,(H,21,23)/t13-,19-/m1/s1. The molecule has 0 spiro atoms. The van der Waals surface area contributed by atoms with Crippen molar-refractivity contribution in [2.45, 2.75) is 25.6 Å². The minimum atomic E-state index is -0.641. The van der Waals surface area contributed by atoms with Crippen LogP contribution in [0, 0.1) is 0 Å². The average molecular weight is 336 g/mol. The van der Waals surface area contributed by atoms with Crippen LogP contribution in [0.25, 0.3) is 10.9 Å². The van der Waals surface area contributed by atoms with Gasteiger partial charge < -0.3 is 19.8 Å². The number of nitrogens with one attached hydrogen (secondary N) is 2. The molecule has 0 aliphatic carbocycles. The number of aromatic nitrogens is 1. The lowest BCUT2D eigenvalue weighted by Gasteiger charge is -2.31. The van der Waals surface area contributed by atoms with Crippen LogP contribution in [0.1, 0.15) is 12.5 Å². The molecule has 2 atom stereocenters. The van der Waals surface area contributed by atoms with Crippen molar-refractivity contribution in [3.8, 4) is 11.5 Å². The number of aromatic amines is 1. The van der Waals surface area contributed by atoms with Crippen molar-refractivity contribution >= 4 is 16.8 Å². The second kappa shape index (κ2) is 6.51. The largest absolute Gasteiger partial charge is 0.482 e. The Hall–Kier alpha value is -2.95. The summed E-state index contributed by atoms with van der Waals surface area (Å²) >= 11 is 0. The molecule has 3 aromatic rings. The molecular formula is C20H20N2O3. The number of para-hydroxylation sites is 3. The smallest absolute Gasteiger partial charge is 0.265 e. The number of hydrogen-bond acceptors (Lipinski definition) is 3. The third kappa shape index (κ3) is 3.05. The highest BCUT2D eigenvalue weighted by atomic mass is 16.6. The van der Waals surface area contributed by atoms with Crippen LogP contribution in [0.4, 0.5) is 0 Å². The Balaban J connectivity index is 1.38. The molecule has 5 nitrogen and oxygen atoms in total. The minimum Gasteiger partial charge on any atom is -0.482 e. The zero-order valence-corrected chi connectivity index (χ0v) is 14.0. The van der Waals surface area contributed by atoms with Crippen LogP contribution in [0.5, 0.6) is 11.5 Å². The van der Waals surface area contributed by atoms with Crippen LogP contribution in [0.15, 0.2) is 54.7 Å². The van der Waals surface area contributed by atoms with Crippen molar-refractivity contribution in [1.29, 1.82) is 0 Å². The van der Waals surface area contributed by atoms with Crippen LogP contribution in [-0.2, 0) is 11.2 Å². The monoisotopic (exact) mass is 336 g/mol. The van der Waals surface area contributed by atoms with Gasteiger partial charge in [-0.2, -0.15) is 0 Å². The van der Waals surface area contributed by atoms with Gasteiger partial charge in [0, 0.05) is 23.6 Å². The molecule has 2 heterocycles. The molecule has 1 aliphatic heterocycles. The fourth-order valence-electron chi connectivity index (χ4n) is 3.17. The van der Waals surface area contributed by atoms with E-state index in [1.54, 1.807) is 0 Å². The Morgan fingerprint density at radius 3 is 2.64 bits per heavy atom. The first-order chi connectivity index (χ1) is 12.2. The van der Waals surface area contributed by atoms with E-state index in [2.05, 4.69) is 16.4 Å². The molecule has 0 fully saturated rings. The molecule has 0 radical (unpaired) electrons. The number of fused-ring (bicyclic) bond motifs is 2. The van der Waals surface area contributed by atoms with Crippen LogP contribution in [0.3, 0.4) is 0 Å². The van der Waals surface area contributed by atoms with E-state index in [9.17, 15) is 4.79 Å². The molecular weight excluding hydrogens is 316 g/mol. The summed E-state index contributed by atoms with van der Waals surface area (Å²) in [7, 11) is 0. The fourth-order valence-corrected chi connectivity index (χ4v) is 3.17. The first-order valence-corrected chi connectivity index (χ1v) is 8.47. The molecule has 25 heavy (non-hydrogen) atoms. The summed E-state index contributed by atoms with van der Waals surface area (Å²) in [6, 6.07) is 15.6. The van der Waals surface area contributed by atoms with Crippen molar-refractivity contribution < 1.29 is 14.3 Å². The molecule has 0 bridgehead atoms. The third-order valence-corrected chi connectivity index (χ3v) is 4.47. The fraction of sp³-hybridized carbons (Fsp3) is 0.250. The van der Waals surface area contributed by atoms with E-state index < -0.39 is 6.10 Å². The number of carbonyl (C=O) groups excluding carboxylic acids is 1. The number of hydrogen-bond donors (Lipinski definition) is 2. The predicted octanol–water partition coefficient (Wildman–Crippen LogP) is 3.06. The van der Waals surface area contributed by atoms with Gasteiger partial charge in [-0.15, -0.1) is 0 Å². The second-order valence-corrected chi connectivity index (χ2v) is 6.21. The van der Waals surface area contributed by atoms with Crippen LogP contribution < -0.4 is 14.8 Å². The summed E-state index contributed by atoms with van der Waals surface area (Å²) in [4.78, 5) is 15.7. The Morgan fingerprint density at radius 1 is 1.08 bits per heavy atom. The predicted molar refractivity (Wildman–Crippen MR) is 96.0 cm³/mol. The van der Waals surface area contributed by atoms with Gasteiger partial charge >= 0.3 is 0 Å². The van der Waals surface area contributed by atoms with Gasteiger partial charge in [-0.05, 0) is 37.1 Å². The summed E-state index contributed by atoms with van der Waals surface area (Å²) < 4.78 is 11.6. The Kier molecular flexibility index (Phi) is 4.06. The Morgan fingerprint density at radius 2 is 1.80 bits per heavy atom. The minimum absolute atomic E-state index is 0.151. The zero-order chi connectivity index (χ0) is 17.2. The number of rotatable bonds is 4. The maximum Gasteiger partial charge on any atom is 0.265 e. The van der Waals surface area contributed by atoms with E-state index in [0.29, 0.717) is 18.0 Å². The Labute approximate surface area is 146 Å². The molecule has 2 aromatic carbocycles. The van der Waals surface area contributed by atoms with Crippen LogP contribution in [0.2, 0.25) is 0 Å². The quantitative estimate of drug-likeness (QED) is 0.770. The summed E-state index contributed by atoms with van der Waals surface area (Å²) in [6.07, 6.45) is 1.78. The van der Waals surface area contributed by atoms with Gasteiger partial charge in [-0.25, -0.2) is 0 Å². The molecule has 0 saturated carbocycles. The van der Waals surface area contributed by atoms with Gasteiger partial charge in [0.1, 0.15) is 6.10 Å². The van der Waals surface area contributed by atoms with E-state index >= 15 is 0 Å². The highest BCUT2D eigenvalue weighted by Crippen LogP contribution is 2.33. The number of H-pyrrole nitrogens is 1. The summed E-state index contributed by atoms with van der Waals surface area (Å²) in [5.41, 5.74) is 2.30. The van der Waals surface area contributed by atoms with Crippen molar-refractivity contribution in [2.75, 3.05) is 6.54 Å². The highest BCUT2D eigenvalue weighted by Gasteiger charge is 2.33. The lowest BCUT2D eigenvalue weighted by Crippen LogP contribution is -2.49. The summed E-state index contributed by atoms with van der Waals surface area (Å²) in [6.45, 7) is 2.40. The number of ether oxygens (including phenoxy) is 2. The molecule has 2 N–H and O–H groups in total. The van der Waals surface area contributed by atoms with Crippen molar-refractivity contribution in [3.63, 3.8) is 0 Å². The molecule has 4 rings (SSSR count). The SMILES string of the molecule is C[C@H]1Oc2ccccc2O[C@H]1C(=O)NCCc1c[nH]c2ccccc12. The van der Waals surface area contributed by atoms with Gasteiger partial charge in [0.05, 0.1) is 0 Å². The van der Waals surface area contributed by atoms with Crippen LogP contribution >= 0.6 is 0 Å². The van der Waals surface area contributed by atoms with E-state index in [4.69, 9.17) is 9.47 Å². The van der Waals surface area contributed by atoms with E-state index in [1.165, 1.54) is 10.9 Å². The normalized spacial score (nSPS) is 18.9. The topological polar surface area (TPSA) is 63.4 Å². The zero-order valence-electron chi connectivity index (χ0n) is 14.0. The third-order valence-electron chi connectivity index (χ3n) is 4.47. The summed E-state index contributed by atoms with van der Waals surface area (Å²) in [5.74, 6) is 1.14. The lowest BCUT2D eigenvalue weighted by molar-refractivity contribution is -0.133. The van der Waals surface area contributed by atoms with E-state index in [0.717, 1.165) is 11.9 Å². The Bertz CT molecular complexity index is 903. The van der Waals surface area contributed by atoms with Crippen molar-refractivity contribution in [1.82, 2.24) is 10.3 Å². The highest BCUT2D eigenvalue weighted by molar-refractivity contribution is 5.84. The lowest BCUT2D eigenvalue weighted by atomic mass is 10.1. The molecule has 0 saturated heterocycles. The van der Waals surface area contributed by atoms with Crippen molar-refractivity contribution in [2.24, 2.45) is 0 Å². The van der Waals surface area contributed by atoms with E-state index in [1.807, 2.05) is 55.6 Å². The number of benzene rings is 2. The molecule has 128 valence electrons. The molecule has 1 aromatic heterocycles. The first kappa shape index (κ1) is 15.6. The van der Waals surface area contributed by atoms with Crippen molar-refractivity contribution in [3.05, 3.63) is 60.3 Å². The molecule has 5 heteroatoms. The molecule has 0 unspecified atom stereocenters. The van der Waals surface area contributed by atoms with E-state index in [-0.39, 0.29) is 12.0 Å². The van der Waals surface area contributed by atoms with Gasteiger partial charge in [-0.3, -0.25) is 4.79 Å². The summed E-state index contributed by atoms with van der Waals surface area (Å²) in [5, 5.41) is 4.15. The molecule has 1 amide bonds. The number of carbonyl (C=O) groups is 1. The van der Waals surface area contributed by atoms with Crippen LogP contribution in [-0.4, -0.2) is 29.6 Å². The molecule has 1 aliphatic rings. The number of amides is 1. The van der Waals surface area contributed by atoms with Gasteiger partial charge in [0.15, 0.2) is 11.5 Å². The second-order valence-electron chi connectivity index (χ2n) is 6.21. The van der Waals surface area contributed by atoms with Gasteiger partial charge in [-0.1, -0.05) is 30.3 Å². The van der Waals surface area contributed by atoms with Gasteiger partial charge in [0.2, 0.25) is 6.10 Å². The maximum absolute atomic E-state index is 12.5. The maximum atomic E-state index is 12.5. The first-order valence-electron chi connectivity index (χ1n) is 8.47.